The van der Waals surface area contributed by atoms with Crippen LogP contribution in [-0.2, 0) is 4.79 Å². The maximum absolute atomic E-state index is 14.5. The summed E-state index contributed by atoms with van der Waals surface area (Å²) in [4.78, 5) is 49.5. The number of unbranched alkanes of at least 4 members (excludes halogenated alkanes) is 3. The van der Waals surface area contributed by atoms with E-state index in [2.05, 4.69) is 41.5 Å². The Bertz CT molecular complexity index is 1580. The van der Waals surface area contributed by atoms with Gasteiger partial charge in [-0.1, -0.05) is 18.0 Å². The molecule has 12 nitrogen and oxygen atoms in total. The van der Waals surface area contributed by atoms with Crippen molar-refractivity contribution < 1.29 is 23.5 Å². The molecular weight excluding hydrogens is 647 g/mol. The summed E-state index contributed by atoms with van der Waals surface area (Å²) in [5, 5.41) is 15.7. The second-order valence-electron chi connectivity index (χ2n) is 11.3. The topological polar surface area (TPSA) is 159 Å². The van der Waals surface area contributed by atoms with E-state index in [4.69, 9.17) is 16.3 Å². The van der Waals surface area contributed by atoms with Crippen LogP contribution in [0.2, 0.25) is 5.02 Å². The molecule has 4 heterocycles. The van der Waals surface area contributed by atoms with Crippen LogP contribution in [0, 0.1) is 5.82 Å². The number of nitrogens with zero attached hydrogens (tertiary/aromatic N) is 3. The van der Waals surface area contributed by atoms with Crippen molar-refractivity contribution in [3.8, 4) is 17.1 Å². The summed E-state index contributed by atoms with van der Waals surface area (Å²) >= 11 is 7.94. The summed E-state index contributed by atoms with van der Waals surface area (Å²) in [6, 6.07) is 6.10. The third-order valence-corrected chi connectivity index (χ3v) is 9.75. The standard InChI is InChI=1S/C32H38ClFN8O4S/c1-46-25-17-38-29(20-15-19(33)9-10-22(20)34)42-30(25)39-23-11-14-35-16-21(23)31(44)37-13-6-2-5-12-36-27(43)8-4-3-7-26-28-24(18-47-26)40-32(45)41-28/h9-11,14-17,24,26,28H,2-8,12-13,18H2,1H3,(H,36,43)(H,37,44)(H2,40,41,45)(H,35,38,39,42)/t24-,26+,28-/m0/s1. The Morgan fingerprint density at radius 1 is 1.09 bits per heavy atom. The number of rotatable bonds is 16. The number of thioether (sulfide) groups is 1. The smallest absolute Gasteiger partial charge is 0.315 e. The molecule has 0 radical (unpaired) electrons. The lowest BCUT2D eigenvalue weighted by molar-refractivity contribution is -0.121. The molecule has 250 valence electrons. The predicted molar refractivity (Wildman–Crippen MR) is 180 cm³/mol. The molecule has 15 heteroatoms. The van der Waals surface area contributed by atoms with Crippen LogP contribution in [0.15, 0.2) is 42.9 Å². The third kappa shape index (κ3) is 9.22. The lowest BCUT2D eigenvalue weighted by Crippen LogP contribution is -2.36. The molecule has 3 aromatic rings. The number of amides is 4. The number of hydrogen-bond donors (Lipinski definition) is 5. The van der Waals surface area contributed by atoms with Crippen molar-refractivity contribution in [3.63, 3.8) is 0 Å². The quantitative estimate of drug-likeness (QED) is 0.105. The number of halogens is 2. The zero-order valence-electron chi connectivity index (χ0n) is 26.0. The van der Waals surface area contributed by atoms with Gasteiger partial charge < -0.3 is 31.3 Å². The van der Waals surface area contributed by atoms with Crippen molar-refractivity contribution >= 4 is 52.7 Å². The van der Waals surface area contributed by atoms with E-state index < -0.39 is 5.82 Å². The fourth-order valence-electron chi connectivity index (χ4n) is 5.53. The number of nitrogens with one attached hydrogen (secondary N) is 5. The van der Waals surface area contributed by atoms with E-state index in [9.17, 15) is 18.8 Å². The van der Waals surface area contributed by atoms with Crippen LogP contribution in [0.25, 0.3) is 11.4 Å². The monoisotopic (exact) mass is 684 g/mol. The number of aromatic nitrogens is 3. The molecule has 2 aromatic heterocycles. The van der Waals surface area contributed by atoms with Gasteiger partial charge in [0.15, 0.2) is 17.4 Å². The van der Waals surface area contributed by atoms with E-state index in [1.807, 2.05) is 11.8 Å². The SMILES string of the molecule is COc1cnc(-c2cc(Cl)ccc2F)nc1Nc1ccncc1C(=O)NCCCCCNC(=O)CCCC[C@H]1SC[C@@H]2NC(=O)N[C@@H]21. The predicted octanol–water partition coefficient (Wildman–Crippen LogP) is 4.83. The molecule has 0 aliphatic carbocycles. The Hall–Kier alpha value is -4.17. The number of pyridine rings is 1. The number of carbonyl (C=O) groups excluding carboxylic acids is 3. The van der Waals surface area contributed by atoms with Gasteiger partial charge in [-0.25, -0.2) is 19.2 Å². The number of carbonyl (C=O) groups is 3. The minimum absolute atomic E-state index is 0.0489. The van der Waals surface area contributed by atoms with Crippen LogP contribution in [0.5, 0.6) is 5.75 Å². The molecule has 47 heavy (non-hydrogen) atoms. The van der Waals surface area contributed by atoms with E-state index >= 15 is 0 Å². The second-order valence-corrected chi connectivity index (χ2v) is 13.0. The summed E-state index contributed by atoms with van der Waals surface area (Å²) in [6.45, 7) is 1.04. The van der Waals surface area contributed by atoms with Gasteiger partial charge in [0, 0.05) is 47.9 Å². The van der Waals surface area contributed by atoms with E-state index in [-0.39, 0.29) is 47.1 Å². The lowest BCUT2D eigenvalue weighted by atomic mass is 10.0. The van der Waals surface area contributed by atoms with Crippen LogP contribution < -0.4 is 31.3 Å². The molecule has 4 amide bonds. The van der Waals surface area contributed by atoms with Gasteiger partial charge in [0.1, 0.15) is 5.82 Å². The number of benzene rings is 1. The van der Waals surface area contributed by atoms with Crippen LogP contribution >= 0.6 is 23.4 Å². The highest BCUT2D eigenvalue weighted by molar-refractivity contribution is 8.00. The number of fused-ring (bicyclic) bond motifs is 1. The van der Waals surface area contributed by atoms with Gasteiger partial charge >= 0.3 is 6.03 Å². The Morgan fingerprint density at radius 2 is 1.91 bits per heavy atom. The largest absolute Gasteiger partial charge is 0.491 e. The Balaban J connectivity index is 1.01. The zero-order chi connectivity index (χ0) is 33.2. The van der Waals surface area contributed by atoms with Crippen molar-refractivity contribution in [1.29, 1.82) is 0 Å². The van der Waals surface area contributed by atoms with E-state index in [1.54, 1.807) is 6.07 Å². The van der Waals surface area contributed by atoms with Crippen molar-refractivity contribution in [1.82, 2.24) is 36.2 Å². The maximum Gasteiger partial charge on any atom is 0.315 e. The third-order valence-electron chi connectivity index (χ3n) is 8.01. The van der Waals surface area contributed by atoms with Crippen LogP contribution in [-0.4, -0.2) is 76.1 Å². The van der Waals surface area contributed by atoms with Crippen molar-refractivity contribution in [2.45, 2.75) is 62.3 Å². The second kappa shape index (κ2) is 16.6. The summed E-state index contributed by atoms with van der Waals surface area (Å²) in [5.74, 6) is 0.776. The van der Waals surface area contributed by atoms with Crippen LogP contribution in [0.3, 0.4) is 0 Å². The summed E-state index contributed by atoms with van der Waals surface area (Å²) in [5.41, 5.74) is 0.859. The highest BCUT2D eigenvalue weighted by atomic mass is 35.5. The Morgan fingerprint density at radius 3 is 2.74 bits per heavy atom. The van der Waals surface area contributed by atoms with Crippen molar-refractivity contribution in [3.05, 3.63) is 59.3 Å². The number of methoxy groups -OCH3 is 1. The van der Waals surface area contributed by atoms with Crippen LogP contribution in [0.4, 0.5) is 20.7 Å². The molecule has 0 unspecified atom stereocenters. The zero-order valence-corrected chi connectivity index (χ0v) is 27.6. The van der Waals surface area contributed by atoms with Crippen molar-refractivity contribution in [2.75, 3.05) is 31.3 Å². The average Bonchev–Trinajstić information content (AvgIpc) is 3.62. The number of ether oxygens (including phenoxy) is 1. The molecule has 3 atom stereocenters. The van der Waals surface area contributed by atoms with Gasteiger partial charge in [-0.2, -0.15) is 11.8 Å². The normalized spacial score (nSPS) is 18.2. The molecule has 0 bridgehead atoms. The van der Waals surface area contributed by atoms with Gasteiger partial charge in [0.05, 0.1) is 42.2 Å². The van der Waals surface area contributed by atoms with Gasteiger partial charge in [-0.15, -0.1) is 0 Å². The molecule has 2 saturated heterocycles. The molecule has 1 aromatic carbocycles. The van der Waals surface area contributed by atoms with Crippen molar-refractivity contribution in [2.24, 2.45) is 0 Å². The fraction of sp³-hybridized carbons (Fsp3) is 0.438. The van der Waals surface area contributed by atoms with Crippen LogP contribution in [0.1, 0.15) is 55.3 Å². The molecule has 0 spiro atoms. The number of anilines is 2. The number of hydrogen-bond acceptors (Lipinski definition) is 9. The first-order valence-corrected chi connectivity index (χ1v) is 17.1. The highest BCUT2D eigenvalue weighted by Gasteiger charge is 2.42. The first-order valence-electron chi connectivity index (χ1n) is 15.6. The minimum atomic E-state index is -0.528. The highest BCUT2D eigenvalue weighted by Crippen LogP contribution is 2.33. The fourth-order valence-corrected chi connectivity index (χ4v) is 7.25. The minimum Gasteiger partial charge on any atom is -0.491 e. The summed E-state index contributed by atoms with van der Waals surface area (Å²) < 4.78 is 19.9. The summed E-state index contributed by atoms with van der Waals surface area (Å²) in [7, 11) is 1.46. The Labute approximate surface area is 281 Å². The van der Waals surface area contributed by atoms with Gasteiger partial charge in [-0.3, -0.25) is 14.6 Å². The molecule has 5 N–H and O–H groups in total. The average molecular weight is 685 g/mol. The first-order chi connectivity index (χ1) is 22.8. The summed E-state index contributed by atoms with van der Waals surface area (Å²) in [6.07, 6.45) is 10.0. The lowest BCUT2D eigenvalue weighted by Gasteiger charge is -2.16. The number of urea groups is 1. The van der Waals surface area contributed by atoms with E-state index in [0.29, 0.717) is 46.8 Å². The Kier molecular flexibility index (Phi) is 12.1. The molecule has 2 aliphatic rings. The maximum atomic E-state index is 14.5. The molecule has 5 rings (SSSR count). The molecule has 0 saturated carbocycles. The van der Waals surface area contributed by atoms with Gasteiger partial charge in [0.2, 0.25) is 5.91 Å². The van der Waals surface area contributed by atoms with E-state index in [1.165, 1.54) is 43.9 Å². The van der Waals surface area contributed by atoms with Gasteiger partial charge in [-0.05, 0) is 56.4 Å². The molecular formula is C32H38ClFN8O4S. The van der Waals surface area contributed by atoms with E-state index in [0.717, 1.165) is 44.3 Å². The molecule has 2 aliphatic heterocycles. The molecule has 2 fully saturated rings. The van der Waals surface area contributed by atoms with Gasteiger partial charge in [0.25, 0.3) is 5.91 Å². The first kappa shape index (κ1) is 34.2.